The number of rotatable bonds is 3. The Bertz CT molecular complexity index is 978. The fourth-order valence-corrected chi connectivity index (χ4v) is 4.02. The van der Waals surface area contributed by atoms with Gasteiger partial charge in [0.25, 0.3) is 0 Å². The molecule has 2 nitrogen and oxygen atoms in total. The summed E-state index contributed by atoms with van der Waals surface area (Å²) in [6.07, 6.45) is 8.77. The van der Waals surface area contributed by atoms with Gasteiger partial charge in [0.2, 0.25) is 0 Å². The fourth-order valence-electron chi connectivity index (χ4n) is 4.02. The summed E-state index contributed by atoms with van der Waals surface area (Å²) < 4.78 is 15.0. The van der Waals surface area contributed by atoms with E-state index in [2.05, 4.69) is 138 Å². The molecule has 0 spiro atoms. The van der Waals surface area contributed by atoms with E-state index in [4.69, 9.17) is 9.30 Å². The second kappa shape index (κ2) is 14.6. The monoisotopic (exact) mass is 536 g/mol. The summed E-state index contributed by atoms with van der Waals surface area (Å²) in [5.41, 5.74) is 3.77. The molecule has 1 fully saturated rings. The van der Waals surface area contributed by atoms with E-state index in [0.717, 1.165) is 0 Å². The number of benzene rings is 3. The van der Waals surface area contributed by atoms with Gasteiger partial charge < -0.3 is 0 Å². The van der Waals surface area contributed by atoms with Crippen LogP contribution < -0.4 is 0 Å². The fraction of sp³-hybridized carbons (Fsp3) is 0. The first-order valence-electron chi connectivity index (χ1n) is 9.85. The Kier molecular flexibility index (Phi) is 11.9. The molecular formula is C29H19ClO2Ru+. The molecule has 3 aromatic carbocycles. The third-order valence-corrected chi connectivity index (χ3v) is 5.15. The Morgan fingerprint density at radius 1 is 0.455 bits per heavy atom. The van der Waals surface area contributed by atoms with E-state index in [1.165, 1.54) is 46.3 Å². The summed E-state index contributed by atoms with van der Waals surface area (Å²) >= 11 is 1.82. The summed E-state index contributed by atoms with van der Waals surface area (Å²) in [5.74, 6) is 6.56. The Hall–Kier alpha value is -2.47. The topological polar surface area (TPSA) is 39.8 Å². The molecule has 0 heterocycles. The molecule has 33 heavy (non-hydrogen) atoms. The number of halogens is 1. The maximum absolute atomic E-state index is 7.50. The van der Waals surface area contributed by atoms with E-state index in [1.54, 1.807) is 0 Å². The number of hydrogen-bond acceptors (Lipinski definition) is 0. The van der Waals surface area contributed by atoms with Crippen molar-refractivity contribution in [2.75, 3.05) is 0 Å². The molecule has 4 heteroatoms. The van der Waals surface area contributed by atoms with E-state index in [1.807, 2.05) is 17.3 Å². The van der Waals surface area contributed by atoms with Crippen molar-refractivity contribution < 1.29 is 26.6 Å². The van der Waals surface area contributed by atoms with Crippen LogP contribution in [0.2, 0.25) is 0 Å². The molecule has 0 atom stereocenters. The van der Waals surface area contributed by atoms with Gasteiger partial charge in [-0.05, 0) is 16.7 Å². The zero-order valence-electron chi connectivity index (χ0n) is 17.5. The van der Waals surface area contributed by atoms with Crippen molar-refractivity contribution in [2.24, 2.45) is 0 Å². The SMILES string of the molecule is C1=C[C]2[C](C=C1)[C](c1ccccc1)[C](c1ccccc1)[C]2c1ccccc1.[C-]#[O+].[C-]#[O+].[Cl][Ru+]. The third kappa shape index (κ3) is 6.11. The maximum atomic E-state index is 7.50. The summed E-state index contributed by atoms with van der Waals surface area (Å²) in [6.45, 7) is 9.00. The van der Waals surface area contributed by atoms with Crippen LogP contribution in [0.5, 0.6) is 0 Å². The van der Waals surface area contributed by atoms with Crippen LogP contribution in [0.1, 0.15) is 16.7 Å². The molecule has 161 valence electrons. The van der Waals surface area contributed by atoms with Crippen molar-refractivity contribution in [3.05, 3.63) is 175 Å². The third-order valence-electron chi connectivity index (χ3n) is 5.15. The predicted molar refractivity (Wildman–Crippen MR) is 125 cm³/mol. The van der Waals surface area contributed by atoms with Crippen LogP contribution >= 0.6 is 9.69 Å². The first kappa shape index (κ1) is 26.8. The molecule has 0 bridgehead atoms. The van der Waals surface area contributed by atoms with Crippen LogP contribution in [-0.4, -0.2) is 0 Å². The molecule has 2 aliphatic rings. The van der Waals surface area contributed by atoms with E-state index in [9.17, 15) is 0 Å². The number of hydrogen-bond donors (Lipinski definition) is 0. The van der Waals surface area contributed by atoms with Crippen LogP contribution in [0, 0.1) is 42.9 Å². The molecule has 0 saturated heterocycles. The summed E-state index contributed by atoms with van der Waals surface area (Å²) in [5, 5.41) is 0. The van der Waals surface area contributed by atoms with Crippen LogP contribution in [0.25, 0.3) is 0 Å². The van der Waals surface area contributed by atoms with Crippen LogP contribution in [0.15, 0.2) is 115 Å². The molecular weight excluding hydrogens is 517 g/mol. The molecule has 1 saturated carbocycles. The minimum atomic E-state index is 1.26. The summed E-state index contributed by atoms with van der Waals surface area (Å²) in [4.78, 5) is 0. The van der Waals surface area contributed by atoms with Gasteiger partial charge in [0, 0.05) is 29.6 Å². The number of fused-ring (bicyclic) bond motifs is 1. The Morgan fingerprint density at radius 2 is 0.727 bits per heavy atom. The normalized spacial score (nSPS) is 15.7. The van der Waals surface area contributed by atoms with E-state index < -0.39 is 0 Å². The van der Waals surface area contributed by atoms with Gasteiger partial charge in [0.15, 0.2) is 0 Å². The first-order valence-corrected chi connectivity index (χ1v) is 12.1. The van der Waals surface area contributed by atoms with E-state index >= 15 is 0 Å². The zero-order valence-corrected chi connectivity index (χ0v) is 20.0. The van der Waals surface area contributed by atoms with Gasteiger partial charge in [-0.15, -0.1) is 0 Å². The zero-order chi connectivity index (χ0) is 24.1. The van der Waals surface area contributed by atoms with Crippen LogP contribution in [0.4, 0.5) is 0 Å². The Labute approximate surface area is 210 Å². The molecule has 0 amide bonds. The van der Waals surface area contributed by atoms with Gasteiger partial charge in [0.1, 0.15) is 0 Å². The van der Waals surface area contributed by atoms with Gasteiger partial charge in [-0.3, -0.25) is 0 Å². The average molecular weight is 536 g/mol. The number of allylic oxidation sites excluding steroid dienone is 4. The Morgan fingerprint density at radius 3 is 1.03 bits per heavy atom. The average Bonchev–Trinajstić information content (AvgIpc) is 3.29. The second-order valence-electron chi connectivity index (χ2n) is 6.77. The van der Waals surface area contributed by atoms with Crippen LogP contribution in [0.3, 0.4) is 0 Å². The van der Waals surface area contributed by atoms with Crippen molar-refractivity contribution in [1.29, 1.82) is 0 Å². The van der Waals surface area contributed by atoms with Crippen molar-refractivity contribution in [1.82, 2.24) is 0 Å². The van der Waals surface area contributed by atoms with Crippen molar-refractivity contribution in [3.63, 3.8) is 0 Å². The molecule has 0 N–H and O–H groups in total. The quantitative estimate of drug-likeness (QED) is 0.202. The first-order chi connectivity index (χ1) is 16.4. The van der Waals surface area contributed by atoms with Gasteiger partial charge in [-0.1, -0.05) is 115 Å². The van der Waals surface area contributed by atoms with Crippen molar-refractivity contribution in [3.8, 4) is 0 Å². The van der Waals surface area contributed by atoms with Gasteiger partial charge in [-0.25, -0.2) is 0 Å². The molecule has 3 aromatic rings. The predicted octanol–water partition coefficient (Wildman–Crippen LogP) is 6.76. The molecule has 0 unspecified atom stereocenters. The standard InChI is InChI=1S/C27H19.2CO.ClH.Ru/c1-4-12-20(13-5-1)25-23-18-10-11-19-24(23)26(21-14-6-2-7-15-21)27(25)22-16-8-3-9-17-22;2*1-2;;/h1-19H;;;1H;/q;;;;+2/p-1. The van der Waals surface area contributed by atoms with Gasteiger partial charge in [-0.2, -0.15) is 0 Å². The summed E-state index contributed by atoms with van der Waals surface area (Å²) in [7, 11) is 4.57. The molecule has 0 aliphatic heterocycles. The molecule has 5 radical (unpaired) electrons. The second-order valence-corrected chi connectivity index (χ2v) is 6.77. The summed E-state index contributed by atoms with van der Waals surface area (Å²) in [6, 6.07) is 32.2. The van der Waals surface area contributed by atoms with Gasteiger partial charge in [0.05, 0.1) is 0 Å². The molecule has 5 rings (SSSR count). The van der Waals surface area contributed by atoms with Gasteiger partial charge >= 0.3 is 49.6 Å². The van der Waals surface area contributed by atoms with Crippen molar-refractivity contribution in [2.45, 2.75) is 0 Å². The molecule has 0 aromatic heterocycles. The van der Waals surface area contributed by atoms with E-state index in [0.29, 0.717) is 0 Å². The Balaban J connectivity index is 0.000000597. The van der Waals surface area contributed by atoms with Crippen molar-refractivity contribution >= 4 is 9.69 Å². The van der Waals surface area contributed by atoms with Crippen LogP contribution in [-0.2, 0) is 26.6 Å². The van der Waals surface area contributed by atoms with E-state index in [-0.39, 0.29) is 0 Å². The molecule has 2 aliphatic carbocycles. The minimum absolute atomic E-state index is 1.26.